The summed E-state index contributed by atoms with van der Waals surface area (Å²) in [6.45, 7) is 6.14. The minimum atomic E-state index is -4.88. The summed E-state index contributed by atoms with van der Waals surface area (Å²) in [6.07, 6.45) is -4.65. The lowest BCUT2D eigenvalue weighted by Gasteiger charge is -2.39. The summed E-state index contributed by atoms with van der Waals surface area (Å²) in [5.74, 6) is -0.642. The molecule has 3 rings (SSSR count). The number of nitrogens with zero attached hydrogens (tertiary/aromatic N) is 1. The quantitative estimate of drug-likeness (QED) is 0.557. The van der Waals surface area contributed by atoms with E-state index in [1.807, 2.05) is 0 Å². The van der Waals surface area contributed by atoms with Gasteiger partial charge in [-0.15, -0.1) is 13.2 Å². The molecule has 1 aliphatic rings. The summed E-state index contributed by atoms with van der Waals surface area (Å²) in [6, 6.07) is 10.7. The highest BCUT2D eigenvalue weighted by Gasteiger charge is 2.35. The van der Waals surface area contributed by atoms with Gasteiger partial charge in [0.15, 0.2) is 17.8 Å². The number of alkyl halides is 3. The van der Waals surface area contributed by atoms with Crippen molar-refractivity contribution in [2.45, 2.75) is 32.7 Å². The summed E-state index contributed by atoms with van der Waals surface area (Å²) in [5.41, 5.74) is 0.864. The van der Waals surface area contributed by atoms with Gasteiger partial charge in [-0.1, -0.05) is 30.3 Å². The monoisotopic (exact) mass is 451 g/mol. The second-order valence-corrected chi connectivity index (χ2v) is 8.48. The molecule has 1 fully saturated rings. The fraction of sp³-hybridized carbons (Fsp3) is 0.391. The Labute approximate surface area is 183 Å². The van der Waals surface area contributed by atoms with Crippen LogP contribution >= 0.6 is 0 Å². The highest BCUT2D eigenvalue weighted by molar-refractivity contribution is 5.88. The van der Waals surface area contributed by atoms with Gasteiger partial charge in [0.25, 0.3) is 0 Å². The number of amides is 1. The summed E-state index contributed by atoms with van der Waals surface area (Å²) in [7, 11) is 0. The lowest BCUT2D eigenvalue weighted by molar-refractivity contribution is -0.275. The predicted octanol–water partition coefficient (Wildman–Crippen LogP) is 5.31. The van der Waals surface area contributed by atoms with Gasteiger partial charge in [-0.25, -0.2) is 4.79 Å². The van der Waals surface area contributed by atoms with Crippen LogP contribution in [-0.2, 0) is 4.74 Å². The molecule has 2 aromatic rings. The molecule has 0 bridgehead atoms. The van der Waals surface area contributed by atoms with Gasteiger partial charge in [-0.3, -0.25) is 4.79 Å². The molecule has 1 saturated heterocycles. The normalized spacial score (nSPS) is 14.5. The maximum atomic E-state index is 12.8. The maximum Gasteiger partial charge on any atom is 0.573 e. The highest BCUT2D eigenvalue weighted by atomic mass is 19.4. The summed E-state index contributed by atoms with van der Waals surface area (Å²) in [5, 5.41) is 0. The molecule has 0 unspecified atom stereocenters. The van der Waals surface area contributed by atoms with Crippen molar-refractivity contribution in [2.75, 3.05) is 19.7 Å². The average molecular weight is 451 g/mol. The topological polar surface area (TPSA) is 65.1 Å². The Morgan fingerprint density at radius 3 is 2.41 bits per heavy atom. The van der Waals surface area contributed by atoms with Crippen LogP contribution in [0.2, 0.25) is 0 Å². The van der Waals surface area contributed by atoms with Gasteiger partial charge >= 0.3 is 12.5 Å². The van der Waals surface area contributed by atoms with E-state index in [-0.39, 0.29) is 18.3 Å². The fourth-order valence-electron chi connectivity index (χ4n) is 3.22. The third-order valence-electron chi connectivity index (χ3n) is 4.65. The van der Waals surface area contributed by atoms with Crippen LogP contribution in [-0.4, -0.2) is 48.9 Å². The largest absolute Gasteiger partial charge is 0.573 e. The van der Waals surface area contributed by atoms with Gasteiger partial charge in [-0.05, 0) is 44.0 Å². The van der Waals surface area contributed by atoms with Crippen LogP contribution in [0.5, 0.6) is 11.5 Å². The number of rotatable bonds is 6. The van der Waals surface area contributed by atoms with E-state index in [1.165, 1.54) is 17.0 Å². The number of ether oxygens (including phenoxy) is 3. The van der Waals surface area contributed by atoms with Gasteiger partial charge in [0, 0.05) is 24.6 Å². The van der Waals surface area contributed by atoms with Crippen molar-refractivity contribution < 1.29 is 37.0 Å². The van der Waals surface area contributed by atoms with Crippen molar-refractivity contribution in [3.05, 3.63) is 48.0 Å². The van der Waals surface area contributed by atoms with Crippen LogP contribution in [0.25, 0.3) is 11.1 Å². The van der Waals surface area contributed by atoms with Gasteiger partial charge in [0.05, 0.1) is 6.61 Å². The predicted molar refractivity (Wildman–Crippen MR) is 111 cm³/mol. The van der Waals surface area contributed by atoms with Gasteiger partial charge in [0.2, 0.25) is 0 Å². The molecule has 0 N–H and O–H groups in total. The van der Waals surface area contributed by atoms with E-state index >= 15 is 0 Å². The standard InChI is InChI=1S/C23H24F3NO5/c1-22(2,3)32-21(29)27-11-15(12-27)14-30-20-10-16(8-9-19(20)31-23(24,25)26)18-7-5-4-6-17(18)13-28/h4-10,13,15H,11-12,14H2,1-3H3. The molecule has 2 aromatic carbocycles. The molecule has 32 heavy (non-hydrogen) atoms. The molecule has 0 radical (unpaired) electrons. The number of carbonyl (C=O) groups is 2. The van der Waals surface area contributed by atoms with E-state index < -0.39 is 23.8 Å². The van der Waals surface area contributed by atoms with Crippen LogP contribution in [0.15, 0.2) is 42.5 Å². The SMILES string of the molecule is CC(C)(C)OC(=O)N1CC(COc2cc(-c3ccccc3C=O)ccc2OC(F)(F)F)C1. The molecular weight excluding hydrogens is 427 g/mol. The van der Waals surface area contributed by atoms with Gasteiger partial charge < -0.3 is 19.1 Å². The Bertz CT molecular complexity index is 978. The lowest BCUT2D eigenvalue weighted by atomic mass is 10.00. The van der Waals surface area contributed by atoms with Gasteiger partial charge in [-0.2, -0.15) is 0 Å². The van der Waals surface area contributed by atoms with Crippen molar-refractivity contribution >= 4 is 12.4 Å². The number of likely N-dealkylation sites (tertiary alicyclic amines) is 1. The molecule has 0 atom stereocenters. The second kappa shape index (κ2) is 9.10. The molecular formula is C23H24F3NO5. The Morgan fingerprint density at radius 2 is 1.78 bits per heavy atom. The molecule has 1 heterocycles. The van der Waals surface area contributed by atoms with Crippen molar-refractivity contribution in [1.82, 2.24) is 4.90 Å². The minimum Gasteiger partial charge on any atom is -0.489 e. The molecule has 0 aliphatic carbocycles. The van der Waals surface area contributed by atoms with Crippen LogP contribution in [0, 0.1) is 5.92 Å². The van der Waals surface area contributed by atoms with E-state index in [4.69, 9.17) is 9.47 Å². The third-order valence-corrected chi connectivity index (χ3v) is 4.65. The second-order valence-electron chi connectivity index (χ2n) is 8.48. The highest BCUT2D eigenvalue weighted by Crippen LogP contribution is 2.37. The van der Waals surface area contributed by atoms with E-state index in [9.17, 15) is 22.8 Å². The number of hydrogen-bond acceptors (Lipinski definition) is 5. The Hall–Kier alpha value is -3.23. The zero-order valence-electron chi connectivity index (χ0n) is 17.9. The first-order valence-electron chi connectivity index (χ1n) is 10.0. The lowest BCUT2D eigenvalue weighted by Crippen LogP contribution is -2.53. The molecule has 172 valence electrons. The van der Waals surface area contributed by atoms with E-state index in [1.54, 1.807) is 45.0 Å². The number of carbonyl (C=O) groups excluding carboxylic acids is 2. The maximum absolute atomic E-state index is 12.8. The smallest absolute Gasteiger partial charge is 0.489 e. The number of halogens is 3. The zero-order chi connectivity index (χ0) is 23.5. The minimum absolute atomic E-state index is 0.0628. The van der Waals surface area contributed by atoms with Crippen LogP contribution < -0.4 is 9.47 Å². The fourth-order valence-corrected chi connectivity index (χ4v) is 3.22. The summed E-state index contributed by atoms with van der Waals surface area (Å²) < 4.78 is 53.5. The van der Waals surface area contributed by atoms with Crippen molar-refractivity contribution in [3.63, 3.8) is 0 Å². The molecule has 1 amide bonds. The Morgan fingerprint density at radius 1 is 1.09 bits per heavy atom. The number of hydrogen-bond donors (Lipinski definition) is 0. The van der Waals surface area contributed by atoms with Crippen molar-refractivity contribution in [3.8, 4) is 22.6 Å². The van der Waals surface area contributed by atoms with Crippen molar-refractivity contribution in [2.24, 2.45) is 5.92 Å². The third kappa shape index (κ3) is 6.15. The van der Waals surface area contributed by atoms with Crippen LogP contribution in [0.3, 0.4) is 0 Å². The molecule has 9 heteroatoms. The van der Waals surface area contributed by atoms with Gasteiger partial charge in [0.1, 0.15) is 5.60 Å². The van der Waals surface area contributed by atoms with E-state index in [0.717, 1.165) is 6.07 Å². The first kappa shape index (κ1) is 23.4. The van der Waals surface area contributed by atoms with Crippen LogP contribution in [0.1, 0.15) is 31.1 Å². The van der Waals surface area contributed by atoms with E-state index in [2.05, 4.69) is 4.74 Å². The first-order valence-corrected chi connectivity index (χ1v) is 10.0. The average Bonchev–Trinajstić information content (AvgIpc) is 2.65. The Balaban J connectivity index is 1.73. The molecule has 0 saturated carbocycles. The molecule has 6 nitrogen and oxygen atoms in total. The van der Waals surface area contributed by atoms with Crippen molar-refractivity contribution in [1.29, 1.82) is 0 Å². The zero-order valence-corrected chi connectivity index (χ0v) is 17.9. The first-order chi connectivity index (χ1) is 14.9. The van der Waals surface area contributed by atoms with Crippen LogP contribution in [0.4, 0.5) is 18.0 Å². The Kier molecular flexibility index (Phi) is 6.66. The summed E-state index contributed by atoms with van der Waals surface area (Å²) in [4.78, 5) is 24.9. The molecule has 1 aliphatic heterocycles. The molecule has 0 aromatic heterocycles. The van der Waals surface area contributed by atoms with E-state index in [0.29, 0.717) is 36.1 Å². The number of benzene rings is 2. The number of aldehydes is 1. The summed E-state index contributed by atoms with van der Waals surface area (Å²) >= 11 is 0. The molecule has 0 spiro atoms.